The van der Waals surface area contributed by atoms with Gasteiger partial charge in [0.05, 0.1) is 0 Å². The van der Waals surface area contributed by atoms with Gasteiger partial charge in [-0.2, -0.15) is 0 Å². The van der Waals surface area contributed by atoms with E-state index in [4.69, 9.17) is 18.9 Å². The molecule has 1 aromatic heterocycles. The van der Waals surface area contributed by atoms with Crippen molar-refractivity contribution in [2.75, 3.05) is 13.6 Å². The Balaban J connectivity index is 1.64. The molecule has 0 unspecified atom stereocenters. The van der Waals surface area contributed by atoms with Crippen LogP contribution in [0.2, 0.25) is 0 Å². The summed E-state index contributed by atoms with van der Waals surface area (Å²) in [5.41, 5.74) is 6.45. The van der Waals surface area contributed by atoms with E-state index in [1.54, 1.807) is 0 Å². The monoisotopic (exact) mass is 347 g/mol. The van der Waals surface area contributed by atoms with Gasteiger partial charge in [0.25, 0.3) is 0 Å². The van der Waals surface area contributed by atoms with E-state index in [-0.39, 0.29) is 13.6 Å². The van der Waals surface area contributed by atoms with Crippen molar-refractivity contribution in [2.24, 2.45) is 0 Å². The summed E-state index contributed by atoms with van der Waals surface area (Å²) in [4.78, 5) is 4.64. The highest BCUT2D eigenvalue weighted by Crippen LogP contribution is 2.41. The van der Waals surface area contributed by atoms with Crippen molar-refractivity contribution in [3.05, 3.63) is 53.9 Å². The summed E-state index contributed by atoms with van der Waals surface area (Å²) in [6, 6.07) is 12.0. The van der Waals surface area contributed by atoms with Crippen LogP contribution in [0.15, 0.2) is 42.6 Å². The van der Waals surface area contributed by atoms with Gasteiger partial charge < -0.3 is 18.9 Å². The Morgan fingerprint density at radius 1 is 0.731 bits per heavy atom. The second-order valence-electron chi connectivity index (χ2n) is 6.39. The molecule has 0 amide bonds. The maximum atomic E-state index is 5.53. The quantitative estimate of drug-likeness (QED) is 0.684. The van der Waals surface area contributed by atoms with Crippen molar-refractivity contribution in [1.29, 1.82) is 0 Å². The Morgan fingerprint density at radius 3 is 2.00 bits per heavy atom. The number of hydrogen-bond acceptors (Lipinski definition) is 5. The van der Waals surface area contributed by atoms with Gasteiger partial charge in [-0.3, -0.25) is 4.98 Å². The van der Waals surface area contributed by atoms with E-state index in [9.17, 15) is 0 Å². The molecule has 0 N–H and O–H groups in total. The van der Waals surface area contributed by atoms with Crippen molar-refractivity contribution in [3.63, 3.8) is 0 Å². The lowest BCUT2D eigenvalue weighted by molar-refractivity contribution is 0.173. The van der Waals surface area contributed by atoms with Gasteiger partial charge in [0.15, 0.2) is 23.0 Å². The summed E-state index contributed by atoms with van der Waals surface area (Å²) in [5, 5.41) is 0. The lowest BCUT2D eigenvalue weighted by atomic mass is 9.93. The molecule has 2 aliphatic rings. The van der Waals surface area contributed by atoms with Crippen molar-refractivity contribution in [2.45, 2.75) is 13.8 Å². The van der Waals surface area contributed by atoms with Gasteiger partial charge in [0.2, 0.25) is 13.6 Å². The first-order valence-electron chi connectivity index (χ1n) is 8.47. The zero-order valence-corrected chi connectivity index (χ0v) is 14.5. The average Bonchev–Trinajstić information content (AvgIpc) is 3.29. The third-order valence-corrected chi connectivity index (χ3v) is 4.87. The molecule has 2 aromatic carbocycles. The minimum absolute atomic E-state index is 0.270. The first-order chi connectivity index (χ1) is 12.7. The molecule has 3 heterocycles. The van der Waals surface area contributed by atoms with Crippen LogP contribution in [0.5, 0.6) is 23.0 Å². The topological polar surface area (TPSA) is 49.8 Å². The molecule has 0 bridgehead atoms. The Bertz CT molecular complexity index is 1030. The molecule has 5 rings (SSSR count). The summed E-state index contributed by atoms with van der Waals surface area (Å²) in [5.74, 6) is 3.10. The lowest BCUT2D eigenvalue weighted by Gasteiger charge is -2.15. The molecule has 0 radical (unpaired) electrons. The molecule has 5 nitrogen and oxygen atoms in total. The predicted octanol–water partition coefficient (Wildman–Crippen LogP) is 4.49. The smallest absolute Gasteiger partial charge is 0.231 e. The fourth-order valence-corrected chi connectivity index (χ4v) is 3.56. The van der Waals surface area contributed by atoms with Crippen LogP contribution in [-0.4, -0.2) is 18.6 Å². The molecule has 0 atom stereocenters. The first kappa shape index (κ1) is 15.1. The molecule has 0 aliphatic carbocycles. The van der Waals surface area contributed by atoms with E-state index in [1.807, 2.05) is 49.5 Å². The standard InChI is InChI=1S/C21H17NO4/c1-12-16(14-3-5-17-19(7-14)25-10-23-17)9-22-13(2)21(12)15-4-6-18-20(8-15)26-11-24-18/h3-9H,10-11H2,1-2H3. The molecule has 3 aromatic rings. The van der Waals surface area contributed by atoms with E-state index in [0.717, 1.165) is 56.5 Å². The molecular formula is C21H17NO4. The number of aromatic nitrogens is 1. The molecular weight excluding hydrogens is 330 g/mol. The lowest BCUT2D eigenvalue weighted by Crippen LogP contribution is -1.96. The predicted molar refractivity (Wildman–Crippen MR) is 96.8 cm³/mol. The van der Waals surface area contributed by atoms with Gasteiger partial charge in [0.1, 0.15) is 0 Å². The fourth-order valence-electron chi connectivity index (χ4n) is 3.56. The zero-order valence-electron chi connectivity index (χ0n) is 14.5. The molecule has 0 saturated carbocycles. The molecule has 26 heavy (non-hydrogen) atoms. The van der Waals surface area contributed by atoms with Gasteiger partial charge in [-0.05, 0) is 54.8 Å². The number of benzene rings is 2. The maximum Gasteiger partial charge on any atom is 0.231 e. The van der Waals surface area contributed by atoms with E-state index < -0.39 is 0 Å². The number of rotatable bonds is 2. The average molecular weight is 347 g/mol. The van der Waals surface area contributed by atoms with Crippen LogP contribution >= 0.6 is 0 Å². The normalized spacial score (nSPS) is 13.9. The maximum absolute atomic E-state index is 5.53. The summed E-state index contributed by atoms with van der Waals surface area (Å²) in [6.45, 7) is 4.68. The molecule has 0 spiro atoms. The number of hydrogen-bond donors (Lipinski definition) is 0. The van der Waals surface area contributed by atoms with Gasteiger partial charge >= 0.3 is 0 Å². The number of fused-ring (bicyclic) bond motifs is 2. The zero-order chi connectivity index (χ0) is 17.7. The van der Waals surface area contributed by atoms with Crippen LogP contribution < -0.4 is 18.9 Å². The highest BCUT2D eigenvalue weighted by atomic mass is 16.7. The van der Waals surface area contributed by atoms with Crippen LogP contribution in [-0.2, 0) is 0 Å². The number of aryl methyl sites for hydroxylation is 1. The van der Waals surface area contributed by atoms with E-state index in [1.165, 1.54) is 0 Å². The molecule has 0 fully saturated rings. The van der Waals surface area contributed by atoms with Crippen LogP contribution in [0.3, 0.4) is 0 Å². The highest BCUT2D eigenvalue weighted by Gasteiger charge is 2.19. The van der Waals surface area contributed by atoms with Gasteiger partial charge in [-0.15, -0.1) is 0 Å². The Labute approximate surface area is 151 Å². The molecule has 0 saturated heterocycles. The highest BCUT2D eigenvalue weighted by molar-refractivity contribution is 5.80. The van der Waals surface area contributed by atoms with E-state index >= 15 is 0 Å². The number of ether oxygens (including phenoxy) is 4. The van der Waals surface area contributed by atoms with Gasteiger partial charge in [0, 0.05) is 23.0 Å². The summed E-state index contributed by atoms with van der Waals surface area (Å²) >= 11 is 0. The summed E-state index contributed by atoms with van der Waals surface area (Å²) in [7, 11) is 0. The van der Waals surface area contributed by atoms with E-state index in [0.29, 0.717) is 0 Å². The van der Waals surface area contributed by atoms with Crippen LogP contribution in [0.4, 0.5) is 0 Å². The Morgan fingerprint density at radius 2 is 1.31 bits per heavy atom. The SMILES string of the molecule is Cc1ncc(-c2ccc3c(c2)OCO3)c(C)c1-c1ccc2c(c1)OCO2. The largest absolute Gasteiger partial charge is 0.454 e. The minimum Gasteiger partial charge on any atom is -0.454 e. The minimum atomic E-state index is 0.270. The summed E-state index contributed by atoms with van der Waals surface area (Å²) in [6.07, 6.45) is 1.92. The fraction of sp³-hybridized carbons (Fsp3) is 0.190. The van der Waals surface area contributed by atoms with Crippen molar-refractivity contribution in [1.82, 2.24) is 4.98 Å². The molecule has 5 heteroatoms. The molecule has 2 aliphatic heterocycles. The number of pyridine rings is 1. The van der Waals surface area contributed by atoms with Crippen LogP contribution in [0.1, 0.15) is 11.3 Å². The second kappa shape index (κ2) is 5.66. The number of nitrogens with zero attached hydrogens (tertiary/aromatic N) is 1. The summed E-state index contributed by atoms with van der Waals surface area (Å²) < 4.78 is 21.9. The van der Waals surface area contributed by atoms with Crippen molar-refractivity contribution in [3.8, 4) is 45.3 Å². The van der Waals surface area contributed by atoms with Gasteiger partial charge in [-0.25, -0.2) is 0 Å². The molecule has 130 valence electrons. The third-order valence-electron chi connectivity index (χ3n) is 4.87. The van der Waals surface area contributed by atoms with Crippen molar-refractivity contribution < 1.29 is 18.9 Å². The van der Waals surface area contributed by atoms with Crippen LogP contribution in [0, 0.1) is 13.8 Å². The first-order valence-corrected chi connectivity index (χ1v) is 8.47. The van der Waals surface area contributed by atoms with Crippen LogP contribution in [0.25, 0.3) is 22.3 Å². The third kappa shape index (κ3) is 2.28. The van der Waals surface area contributed by atoms with Crippen molar-refractivity contribution >= 4 is 0 Å². The Hall–Kier alpha value is -3.21. The van der Waals surface area contributed by atoms with E-state index in [2.05, 4.69) is 11.9 Å². The Kier molecular flexibility index (Phi) is 3.28. The van der Waals surface area contributed by atoms with Gasteiger partial charge in [-0.1, -0.05) is 12.1 Å². The second-order valence-corrected chi connectivity index (χ2v) is 6.39.